The van der Waals surface area contributed by atoms with Crippen molar-refractivity contribution in [1.82, 2.24) is 0 Å². The van der Waals surface area contributed by atoms with Gasteiger partial charge in [-0.2, -0.15) is 0 Å². The van der Waals surface area contributed by atoms with Gasteiger partial charge in [0, 0.05) is 5.92 Å². The summed E-state index contributed by atoms with van der Waals surface area (Å²) in [6, 6.07) is 4.24. The second-order valence-corrected chi connectivity index (χ2v) is 4.94. The van der Waals surface area contributed by atoms with E-state index in [0.717, 1.165) is 11.3 Å². The van der Waals surface area contributed by atoms with E-state index in [2.05, 4.69) is 39.8 Å². The van der Waals surface area contributed by atoms with E-state index in [9.17, 15) is 5.11 Å². The molecule has 0 heterocycles. The minimum Gasteiger partial charge on any atom is -0.494 e. The second kappa shape index (κ2) is 6.06. The Morgan fingerprint density at radius 2 is 1.82 bits per heavy atom. The summed E-state index contributed by atoms with van der Waals surface area (Å²) in [5.74, 6) is 1.61. The number of aliphatic hydroxyl groups excluding tert-OH is 1. The van der Waals surface area contributed by atoms with Crippen molar-refractivity contribution >= 4 is 0 Å². The lowest BCUT2D eigenvalue weighted by molar-refractivity contribution is 0.236. The summed E-state index contributed by atoms with van der Waals surface area (Å²) in [5, 5.41) is 9.51. The molecule has 1 aromatic rings. The molecule has 0 aliphatic rings. The van der Waals surface area contributed by atoms with Crippen LogP contribution in [0.1, 0.15) is 43.4 Å². The summed E-state index contributed by atoms with van der Waals surface area (Å²) < 4.78 is 5.58. The second-order valence-electron chi connectivity index (χ2n) is 4.94. The van der Waals surface area contributed by atoms with Crippen LogP contribution >= 0.6 is 0 Å². The predicted octanol–water partition coefficient (Wildman–Crippen LogP) is 3.43. The van der Waals surface area contributed by atoms with Crippen LogP contribution < -0.4 is 4.74 Å². The Morgan fingerprint density at radius 3 is 2.29 bits per heavy atom. The molecule has 0 fully saturated rings. The summed E-state index contributed by atoms with van der Waals surface area (Å²) in [6.45, 7) is 11.3. The number of aryl methyl sites for hydroxylation is 2. The molecule has 0 amide bonds. The van der Waals surface area contributed by atoms with Gasteiger partial charge in [-0.3, -0.25) is 0 Å². The first-order valence-corrected chi connectivity index (χ1v) is 6.36. The Labute approximate surface area is 105 Å². The molecule has 0 aliphatic heterocycles. The fourth-order valence-corrected chi connectivity index (χ4v) is 2.19. The Kier molecular flexibility index (Phi) is 5.01. The summed E-state index contributed by atoms with van der Waals surface area (Å²) >= 11 is 0. The van der Waals surface area contributed by atoms with Crippen LogP contribution in [0.4, 0.5) is 0 Å². The van der Waals surface area contributed by atoms with Crippen LogP contribution in [0.15, 0.2) is 12.1 Å². The van der Waals surface area contributed by atoms with Crippen molar-refractivity contribution in [3.8, 4) is 5.75 Å². The van der Waals surface area contributed by atoms with Crippen LogP contribution in [0.3, 0.4) is 0 Å². The number of rotatable bonds is 5. The van der Waals surface area contributed by atoms with Gasteiger partial charge < -0.3 is 9.84 Å². The highest BCUT2D eigenvalue weighted by Gasteiger charge is 2.18. The van der Waals surface area contributed by atoms with Crippen LogP contribution in [0.2, 0.25) is 0 Å². The molecule has 0 saturated heterocycles. The number of benzene rings is 1. The third-order valence-electron chi connectivity index (χ3n) is 3.26. The third-order valence-corrected chi connectivity index (χ3v) is 3.26. The molecule has 1 rings (SSSR count). The maximum Gasteiger partial charge on any atom is 0.122 e. The van der Waals surface area contributed by atoms with Crippen molar-refractivity contribution < 1.29 is 9.84 Å². The van der Waals surface area contributed by atoms with Gasteiger partial charge in [0.1, 0.15) is 5.75 Å². The molecule has 17 heavy (non-hydrogen) atoms. The molecule has 0 saturated carbocycles. The summed E-state index contributed by atoms with van der Waals surface area (Å²) in [7, 11) is 0. The minimum absolute atomic E-state index is 0.200. The maximum atomic E-state index is 9.51. The minimum atomic E-state index is 0.200. The lowest BCUT2D eigenvalue weighted by Gasteiger charge is -2.22. The molecule has 0 aromatic heterocycles. The van der Waals surface area contributed by atoms with Gasteiger partial charge in [-0.25, -0.2) is 0 Å². The van der Waals surface area contributed by atoms with Gasteiger partial charge in [-0.05, 0) is 49.4 Å². The number of hydrogen-bond donors (Lipinski definition) is 1. The Hall–Kier alpha value is -1.02. The summed E-state index contributed by atoms with van der Waals surface area (Å²) in [6.07, 6.45) is 0. The number of hydrogen-bond acceptors (Lipinski definition) is 2. The molecule has 96 valence electrons. The Bertz CT molecular complexity index is 369. The number of ether oxygens (including phenoxy) is 1. The first-order chi connectivity index (χ1) is 8.01. The summed E-state index contributed by atoms with van der Waals surface area (Å²) in [5.41, 5.74) is 3.59. The average Bonchev–Trinajstić information content (AvgIpc) is 2.25. The molecule has 2 nitrogen and oxygen atoms in total. The van der Waals surface area contributed by atoms with E-state index in [1.54, 1.807) is 0 Å². The average molecular weight is 236 g/mol. The van der Waals surface area contributed by atoms with Gasteiger partial charge in [0.25, 0.3) is 0 Å². The zero-order valence-corrected chi connectivity index (χ0v) is 11.6. The third kappa shape index (κ3) is 3.22. The monoisotopic (exact) mass is 236 g/mol. The van der Waals surface area contributed by atoms with Crippen LogP contribution in [0.5, 0.6) is 5.75 Å². The zero-order chi connectivity index (χ0) is 13.0. The lowest BCUT2D eigenvalue weighted by Crippen LogP contribution is -2.13. The molecule has 1 N–H and O–H groups in total. The summed E-state index contributed by atoms with van der Waals surface area (Å²) in [4.78, 5) is 0. The largest absolute Gasteiger partial charge is 0.494 e. The SMILES string of the molecule is CCOc1cc(C)c(C(CO)C(C)C)cc1C. The highest BCUT2D eigenvalue weighted by molar-refractivity contribution is 5.43. The van der Waals surface area contributed by atoms with Crippen molar-refractivity contribution in [2.45, 2.75) is 40.5 Å². The molecular formula is C15H24O2. The van der Waals surface area contributed by atoms with Crippen molar-refractivity contribution in [2.75, 3.05) is 13.2 Å². The van der Waals surface area contributed by atoms with E-state index in [4.69, 9.17) is 4.74 Å². The molecule has 2 heteroatoms. The standard InChI is InChI=1S/C15H24O2/c1-6-17-15-8-11(4)13(7-12(15)5)14(9-16)10(2)3/h7-8,10,14,16H,6,9H2,1-5H3. The van der Waals surface area contributed by atoms with E-state index in [1.807, 2.05) is 6.92 Å². The van der Waals surface area contributed by atoms with Gasteiger partial charge >= 0.3 is 0 Å². The molecule has 1 aromatic carbocycles. The van der Waals surface area contributed by atoms with Crippen molar-refractivity contribution in [3.05, 3.63) is 28.8 Å². The van der Waals surface area contributed by atoms with Crippen LogP contribution in [0, 0.1) is 19.8 Å². The lowest BCUT2D eigenvalue weighted by atomic mass is 9.85. The van der Waals surface area contributed by atoms with Gasteiger partial charge in [-0.15, -0.1) is 0 Å². The van der Waals surface area contributed by atoms with Gasteiger partial charge in [-0.1, -0.05) is 19.9 Å². The maximum absolute atomic E-state index is 9.51. The van der Waals surface area contributed by atoms with Crippen molar-refractivity contribution in [2.24, 2.45) is 5.92 Å². The smallest absolute Gasteiger partial charge is 0.122 e. The van der Waals surface area contributed by atoms with E-state index in [-0.39, 0.29) is 12.5 Å². The van der Waals surface area contributed by atoms with Crippen molar-refractivity contribution in [1.29, 1.82) is 0 Å². The van der Waals surface area contributed by atoms with Crippen LogP contribution in [-0.4, -0.2) is 18.3 Å². The van der Waals surface area contributed by atoms with Gasteiger partial charge in [0.2, 0.25) is 0 Å². The van der Waals surface area contributed by atoms with Crippen LogP contribution in [0.25, 0.3) is 0 Å². The molecule has 1 atom stereocenters. The first kappa shape index (κ1) is 14.0. The topological polar surface area (TPSA) is 29.5 Å². The van der Waals surface area contributed by atoms with Crippen LogP contribution in [-0.2, 0) is 0 Å². The Morgan fingerprint density at radius 1 is 1.18 bits per heavy atom. The normalized spacial score (nSPS) is 12.9. The highest BCUT2D eigenvalue weighted by atomic mass is 16.5. The number of aliphatic hydroxyl groups is 1. The fraction of sp³-hybridized carbons (Fsp3) is 0.600. The van der Waals surface area contributed by atoms with Gasteiger partial charge in [0.15, 0.2) is 0 Å². The fourth-order valence-electron chi connectivity index (χ4n) is 2.19. The quantitative estimate of drug-likeness (QED) is 0.848. The highest BCUT2D eigenvalue weighted by Crippen LogP contribution is 2.31. The molecule has 0 bridgehead atoms. The first-order valence-electron chi connectivity index (χ1n) is 6.36. The van der Waals surface area contributed by atoms with E-state index in [1.165, 1.54) is 11.1 Å². The van der Waals surface area contributed by atoms with Crippen molar-refractivity contribution in [3.63, 3.8) is 0 Å². The van der Waals surface area contributed by atoms with E-state index < -0.39 is 0 Å². The zero-order valence-electron chi connectivity index (χ0n) is 11.6. The van der Waals surface area contributed by atoms with Gasteiger partial charge in [0.05, 0.1) is 13.2 Å². The molecule has 1 unspecified atom stereocenters. The van der Waals surface area contributed by atoms with E-state index in [0.29, 0.717) is 12.5 Å². The molecule has 0 spiro atoms. The Balaban J connectivity index is 3.13. The molecular weight excluding hydrogens is 212 g/mol. The predicted molar refractivity (Wildman–Crippen MR) is 71.7 cm³/mol. The molecule has 0 aliphatic carbocycles. The molecule has 0 radical (unpaired) electrons. The van der Waals surface area contributed by atoms with E-state index >= 15 is 0 Å².